The summed E-state index contributed by atoms with van der Waals surface area (Å²) >= 11 is 0. The second-order valence-electron chi connectivity index (χ2n) is 3.61. The van der Waals surface area contributed by atoms with E-state index in [1.54, 1.807) is 0 Å². The van der Waals surface area contributed by atoms with Crippen molar-refractivity contribution in [2.45, 2.75) is 31.7 Å². The Labute approximate surface area is 77.3 Å². The summed E-state index contributed by atoms with van der Waals surface area (Å²) in [6.45, 7) is 0. The highest BCUT2D eigenvalue weighted by Crippen LogP contribution is 2.35. The van der Waals surface area contributed by atoms with Crippen LogP contribution >= 0.6 is 0 Å². The van der Waals surface area contributed by atoms with Crippen LogP contribution in [0.4, 0.5) is 0 Å². The van der Waals surface area contributed by atoms with Crippen LogP contribution < -0.4 is 5.73 Å². The molecule has 0 aliphatic heterocycles. The maximum Gasteiger partial charge on any atom is 0.320 e. The second kappa shape index (κ2) is 4.24. The minimum Gasteiger partial charge on any atom is -0.480 e. The fraction of sp³-hybridized carbons (Fsp3) is 0.778. The summed E-state index contributed by atoms with van der Waals surface area (Å²) in [4.78, 5) is 10.4. The monoisotopic (exact) mass is 182 g/mol. The molecule has 1 rings (SSSR count). The van der Waals surface area contributed by atoms with E-state index in [0.717, 1.165) is 19.3 Å². The number of nitriles is 1. The van der Waals surface area contributed by atoms with E-state index in [0.29, 0.717) is 5.92 Å². The Kier molecular flexibility index (Phi) is 3.26. The lowest BCUT2D eigenvalue weighted by atomic mass is 9.74. The zero-order chi connectivity index (χ0) is 9.84. The summed E-state index contributed by atoms with van der Waals surface area (Å²) in [5.41, 5.74) is 5.36. The highest BCUT2D eigenvalue weighted by atomic mass is 16.4. The Hall–Kier alpha value is -1.08. The van der Waals surface area contributed by atoms with Crippen LogP contribution in [0.3, 0.4) is 0 Å². The molecule has 2 atom stereocenters. The fourth-order valence-electron chi connectivity index (χ4n) is 1.57. The SMILES string of the molecule is N#CC(C[C@H](N)C(=O)O)C1CCC1. The van der Waals surface area contributed by atoms with Crippen LogP contribution in [0.5, 0.6) is 0 Å². The number of nitrogens with two attached hydrogens (primary N) is 1. The number of carboxylic acid groups (broad SMARTS) is 1. The van der Waals surface area contributed by atoms with Crippen LogP contribution in [-0.2, 0) is 4.79 Å². The van der Waals surface area contributed by atoms with Crippen LogP contribution in [0, 0.1) is 23.2 Å². The largest absolute Gasteiger partial charge is 0.480 e. The molecule has 13 heavy (non-hydrogen) atoms. The zero-order valence-corrected chi connectivity index (χ0v) is 7.44. The molecule has 1 aliphatic rings. The minimum absolute atomic E-state index is 0.167. The Morgan fingerprint density at radius 3 is 2.62 bits per heavy atom. The zero-order valence-electron chi connectivity index (χ0n) is 7.44. The Balaban J connectivity index is 2.40. The first-order chi connectivity index (χ1) is 6.15. The van der Waals surface area contributed by atoms with Gasteiger partial charge < -0.3 is 10.8 Å². The fourth-order valence-corrected chi connectivity index (χ4v) is 1.57. The predicted molar refractivity (Wildman–Crippen MR) is 46.7 cm³/mol. The van der Waals surface area contributed by atoms with E-state index >= 15 is 0 Å². The third-order valence-electron chi connectivity index (χ3n) is 2.71. The minimum atomic E-state index is -1.01. The molecule has 0 radical (unpaired) electrons. The molecule has 0 amide bonds. The van der Waals surface area contributed by atoms with E-state index in [2.05, 4.69) is 6.07 Å². The van der Waals surface area contributed by atoms with Gasteiger partial charge in [0.05, 0.1) is 12.0 Å². The van der Waals surface area contributed by atoms with Crippen molar-refractivity contribution >= 4 is 5.97 Å². The lowest BCUT2D eigenvalue weighted by Gasteiger charge is -2.30. The topological polar surface area (TPSA) is 87.1 Å². The second-order valence-corrected chi connectivity index (χ2v) is 3.61. The summed E-state index contributed by atoms with van der Waals surface area (Å²) < 4.78 is 0. The van der Waals surface area contributed by atoms with E-state index in [1.807, 2.05) is 0 Å². The smallest absolute Gasteiger partial charge is 0.320 e. The average molecular weight is 182 g/mol. The van der Waals surface area contributed by atoms with Gasteiger partial charge in [-0.3, -0.25) is 4.79 Å². The molecule has 0 aromatic rings. The van der Waals surface area contributed by atoms with Crippen LogP contribution in [0.15, 0.2) is 0 Å². The van der Waals surface area contributed by atoms with Crippen LogP contribution in [-0.4, -0.2) is 17.1 Å². The van der Waals surface area contributed by atoms with Gasteiger partial charge in [0.1, 0.15) is 6.04 Å². The number of carboxylic acids is 1. The summed E-state index contributed by atoms with van der Waals surface area (Å²) in [5, 5.41) is 17.4. The molecule has 0 aromatic carbocycles. The van der Waals surface area contributed by atoms with Gasteiger partial charge in [-0.2, -0.15) is 5.26 Å². The maximum absolute atomic E-state index is 10.4. The van der Waals surface area contributed by atoms with Crippen molar-refractivity contribution in [1.82, 2.24) is 0 Å². The van der Waals surface area contributed by atoms with Crippen molar-refractivity contribution in [2.75, 3.05) is 0 Å². The van der Waals surface area contributed by atoms with Crippen LogP contribution in [0.1, 0.15) is 25.7 Å². The molecule has 3 N–H and O–H groups in total. The molecule has 0 spiro atoms. The normalized spacial score (nSPS) is 21.2. The van der Waals surface area contributed by atoms with Gasteiger partial charge >= 0.3 is 5.97 Å². The standard InChI is InChI=1S/C9H14N2O2/c10-5-7(6-2-1-3-6)4-8(11)9(12)13/h6-8H,1-4,11H2,(H,12,13)/t7?,8-/m0/s1. The molecule has 72 valence electrons. The molecule has 1 saturated carbocycles. The van der Waals surface area contributed by atoms with E-state index in [-0.39, 0.29) is 12.3 Å². The number of rotatable bonds is 4. The number of nitrogens with zero attached hydrogens (tertiary/aromatic N) is 1. The summed E-state index contributed by atoms with van der Waals surface area (Å²) in [6, 6.07) is 1.26. The predicted octanol–water partition coefficient (Wildman–Crippen LogP) is 0.728. The number of hydrogen-bond acceptors (Lipinski definition) is 3. The van der Waals surface area contributed by atoms with Gasteiger partial charge in [0.15, 0.2) is 0 Å². The first kappa shape index (κ1) is 10.0. The quantitative estimate of drug-likeness (QED) is 0.670. The molecule has 0 bridgehead atoms. The Bertz CT molecular complexity index is 230. The van der Waals surface area contributed by atoms with Crippen LogP contribution in [0.2, 0.25) is 0 Å². The van der Waals surface area contributed by atoms with E-state index in [4.69, 9.17) is 16.1 Å². The molecule has 4 heteroatoms. The lowest BCUT2D eigenvalue weighted by Crippen LogP contribution is -2.35. The van der Waals surface area contributed by atoms with Crippen molar-refractivity contribution < 1.29 is 9.90 Å². The van der Waals surface area contributed by atoms with E-state index in [1.165, 1.54) is 0 Å². The molecule has 0 aromatic heterocycles. The van der Waals surface area contributed by atoms with E-state index in [9.17, 15) is 4.79 Å². The summed E-state index contributed by atoms with van der Waals surface area (Å²) in [7, 11) is 0. The van der Waals surface area contributed by atoms with Gasteiger partial charge in [0.25, 0.3) is 0 Å². The van der Waals surface area contributed by atoms with Gasteiger partial charge in [-0.1, -0.05) is 6.42 Å². The molecule has 1 aliphatic carbocycles. The summed E-state index contributed by atoms with van der Waals surface area (Å²) in [5.74, 6) is -0.796. The number of hydrogen-bond donors (Lipinski definition) is 2. The molecule has 0 saturated heterocycles. The first-order valence-electron chi connectivity index (χ1n) is 4.53. The van der Waals surface area contributed by atoms with Crippen molar-refractivity contribution in [1.29, 1.82) is 5.26 Å². The van der Waals surface area contributed by atoms with E-state index < -0.39 is 12.0 Å². The van der Waals surface area contributed by atoms with Gasteiger partial charge in [0.2, 0.25) is 0 Å². The highest BCUT2D eigenvalue weighted by molar-refractivity contribution is 5.73. The molecular formula is C9H14N2O2. The molecule has 4 nitrogen and oxygen atoms in total. The van der Waals surface area contributed by atoms with Gasteiger partial charge in [-0.15, -0.1) is 0 Å². The van der Waals surface area contributed by atoms with Crippen molar-refractivity contribution in [3.8, 4) is 6.07 Å². The molecule has 1 fully saturated rings. The molecular weight excluding hydrogens is 168 g/mol. The molecule has 1 unspecified atom stereocenters. The first-order valence-corrected chi connectivity index (χ1v) is 4.53. The number of aliphatic carboxylic acids is 1. The maximum atomic E-state index is 10.4. The summed E-state index contributed by atoms with van der Waals surface area (Å²) in [6.07, 6.45) is 3.54. The third kappa shape index (κ3) is 2.43. The van der Waals surface area contributed by atoms with Crippen molar-refractivity contribution in [2.24, 2.45) is 17.6 Å². The van der Waals surface area contributed by atoms with Crippen molar-refractivity contribution in [3.63, 3.8) is 0 Å². The lowest BCUT2D eigenvalue weighted by molar-refractivity contribution is -0.139. The van der Waals surface area contributed by atoms with Crippen molar-refractivity contribution in [3.05, 3.63) is 0 Å². The van der Waals surface area contributed by atoms with Crippen LogP contribution in [0.25, 0.3) is 0 Å². The van der Waals surface area contributed by atoms with Gasteiger partial charge in [-0.05, 0) is 25.2 Å². The Morgan fingerprint density at radius 2 is 2.31 bits per heavy atom. The average Bonchev–Trinajstić information content (AvgIpc) is 1.99. The number of carbonyl (C=O) groups is 1. The Morgan fingerprint density at radius 1 is 1.69 bits per heavy atom. The van der Waals surface area contributed by atoms with Gasteiger partial charge in [-0.25, -0.2) is 0 Å². The third-order valence-corrected chi connectivity index (χ3v) is 2.71. The molecule has 0 heterocycles. The van der Waals surface area contributed by atoms with Gasteiger partial charge in [0, 0.05) is 0 Å². The highest BCUT2D eigenvalue weighted by Gasteiger charge is 2.30.